The monoisotopic (exact) mass is 376 g/mol. The molecule has 0 spiro atoms. The lowest BCUT2D eigenvalue weighted by molar-refractivity contribution is -0.307. The molecule has 0 N–H and O–H groups in total. The van der Waals surface area contributed by atoms with Gasteiger partial charge < -0.3 is 14.6 Å². The number of thioether (sulfide) groups is 1. The van der Waals surface area contributed by atoms with Gasteiger partial charge in [-0.05, 0) is 36.6 Å². The summed E-state index contributed by atoms with van der Waals surface area (Å²) in [7, 11) is 0. The molecule has 1 aromatic carbocycles. The van der Waals surface area contributed by atoms with Gasteiger partial charge in [-0.1, -0.05) is 55.4 Å². The number of hydrogen-bond donors (Lipinski definition) is 0. The van der Waals surface area contributed by atoms with Gasteiger partial charge in [0.2, 0.25) is 0 Å². The normalized spacial score (nSPS) is 20.3. The smallest absolute Gasteiger partial charge is 0.266 e. The molecule has 0 atom stereocenters. The van der Waals surface area contributed by atoms with Crippen molar-refractivity contribution in [2.45, 2.75) is 38.1 Å². The Morgan fingerprint density at radius 1 is 1.36 bits per heavy atom. The highest BCUT2D eigenvalue weighted by Gasteiger charge is 2.37. The van der Waals surface area contributed by atoms with Crippen LogP contribution < -0.4 is 9.84 Å². The molecule has 1 amide bonds. The minimum atomic E-state index is -1.28. The summed E-state index contributed by atoms with van der Waals surface area (Å²) in [6.07, 6.45) is 7.28. The molecular weight excluding hydrogens is 358 g/mol. The molecular formula is C18H18NO4S2-. The molecule has 1 aliphatic carbocycles. The summed E-state index contributed by atoms with van der Waals surface area (Å²) in [6.45, 7) is -0.507. The lowest BCUT2D eigenvalue weighted by atomic mass is 9.94. The molecule has 1 saturated carbocycles. The second kappa shape index (κ2) is 8.01. The maximum absolute atomic E-state index is 12.8. The van der Waals surface area contributed by atoms with Crippen LogP contribution in [0.4, 0.5) is 0 Å². The average molecular weight is 376 g/mol. The second-order valence-electron chi connectivity index (χ2n) is 6.08. The van der Waals surface area contributed by atoms with E-state index in [0.717, 1.165) is 31.2 Å². The van der Waals surface area contributed by atoms with Crippen molar-refractivity contribution < 1.29 is 19.4 Å². The van der Waals surface area contributed by atoms with Crippen molar-refractivity contribution in [3.63, 3.8) is 0 Å². The molecule has 3 rings (SSSR count). The molecule has 1 aromatic rings. The zero-order valence-corrected chi connectivity index (χ0v) is 15.2. The summed E-state index contributed by atoms with van der Waals surface area (Å²) in [4.78, 5) is 25.6. The van der Waals surface area contributed by atoms with Gasteiger partial charge >= 0.3 is 0 Å². The third kappa shape index (κ3) is 4.41. The number of carboxylic acids is 1. The van der Waals surface area contributed by atoms with Crippen molar-refractivity contribution in [3.8, 4) is 5.75 Å². The van der Waals surface area contributed by atoms with Gasteiger partial charge in [0, 0.05) is 6.04 Å². The van der Waals surface area contributed by atoms with Crippen molar-refractivity contribution in [2.24, 2.45) is 0 Å². The summed E-state index contributed by atoms with van der Waals surface area (Å²) in [5.41, 5.74) is 0.764. The number of ether oxygens (including phenoxy) is 1. The molecule has 25 heavy (non-hydrogen) atoms. The number of thiocarbonyl (C=S) groups is 1. The second-order valence-corrected chi connectivity index (χ2v) is 7.75. The summed E-state index contributed by atoms with van der Waals surface area (Å²) in [5.74, 6) is -0.901. The molecule has 7 heteroatoms. The van der Waals surface area contributed by atoms with E-state index >= 15 is 0 Å². The molecule has 0 unspecified atom stereocenters. The predicted octanol–water partition coefficient (Wildman–Crippen LogP) is 2.35. The molecule has 1 heterocycles. The Bertz CT molecular complexity index is 726. The Kier molecular flexibility index (Phi) is 5.75. The first-order valence-electron chi connectivity index (χ1n) is 8.24. The molecule has 0 aromatic heterocycles. The Morgan fingerprint density at radius 2 is 2.12 bits per heavy atom. The topological polar surface area (TPSA) is 69.7 Å². The first-order valence-corrected chi connectivity index (χ1v) is 9.47. The molecule has 2 aliphatic rings. The number of rotatable bonds is 5. The van der Waals surface area contributed by atoms with E-state index in [9.17, 15) is 14.7 Å². The lowest BCUT2D eigenvalue weighted by Gasteiger charge is -2.29. The largest absolute Gasteiger partial charge is 0.546 e. The van der Waals surface area contributed by atoms with Gasteiger partial charge in [0.05, 0.1) is 10.9 Å². The fraction of sp³-hybridized carbons (Fsp3) is 0.389. The maximum Gasteiger partial charge on any atom is 0.266 e. The fourth-order valence-corrected chi connectivity index (χ4v) is 4.52. The number of carbonyl (C=O) groups is 2. The van der Waals surface area contributed by atoms with E-state index < -0.39 is 12.6 Å². The first kappa shape index (κ1) is 17.9. The Labute approximate surface area is 156 Å². The maximum atomic E-state index is 12.8. The Hall–Kier alpha value is -1.86. The quantitative estimate of drug-likeness (QED) is 0.580. The standard InChI is InChI=1S/C18H19NO4S2/c20-16(21)11-23-14-8-4-5-12(9-14)10-15-17(22)19(18(24)25-15)13-6-2-1-3-7-13/h4-5,8-10,13H,1-3,6-7,11H2,(H,20,21)/p-1/b15-10+. The van der Waals surface area contributed by atoms with Gasteiger partial charge in [0.25, 0.3) is 5.91 Å². The van der Waals surface area contributed by atoms with Gasteiger partial charge in [0.1, 0.15) is 16.7 Å². The van der Waals surface area contributed by atoms with Crippen molar-refractivity contribution in [1.29, 1.82) is 0 Å². The number of benzene rings is 1. The number of carboxylic acid groups (broad SMARTS) is 1. The van der Waals surface area contributed by atoms with E-state index in [4.69, 9.17) is 17.0 Å². The molecule has 0 radical (unpaired) electrons. The van der Waals surface area contributed by atoms with E-state index in [1.165, 1.54) is 18.2 Å². The first-order chi connectivity index (χ1) is 12.0. The van der Waals surface area contributed by atoms with Gasteiger partial charge in [-0.15, -0.1) is 0 Å². The fourth-order valence-electron chi connectivity index (χ4n) is 3.12. The third-order valence-corrected chi connectivity index (χ3v) is 5.61. The van der Waals surface area contributed by atoms with E-state index in [1.54, 1.807) is 29.2 Å². The highest BCUT2D eigenvalue weighted by Crippen LogP contribution is 2.37. The minimum Gasteiger partial charge on any atom is -0.546 e. The average Bonchev–Trinajstić information content (AvgIpc) is 2.88. The van der Waals surface area contributed by atoms with Crippen molar-refractivity contribution in [3.05, 3.63) is 34.7 Å². The van der Waals surface area contributed by atoms with Crippen LogP contribution in [0.15, 0.2) is 29.2 Å². The minimum absolute atomic E-state index is 0.0389. The Balaban J connectivity index is 1.75. The van der Waals surface area contributed by atoms with Crippen LogP contribution in [-0.4, -0.2) is 33.7 Å². The number of aliphatic carboxylic acids is 1. The number of nitrogens with zero attached hydrogens (tertiary/aromatic N) is 1. The summed E-state index contributed by atoms with van der Waals surface area (Å²) >= 11 is 6.74. The lowest BCUT2D eigenvalue weighted by Crippen LogP contribution is -2.39. The van der Waals surface area contributed by atoms with Crippen LogP contribution in [-0.2, 0) is 9.59 Å². The molecule has 1 aliphatic heterocycles. The van der Waals surface area contributed by atoms with Crippen LogP contribution in [0.2, 0.25) is 0 Å². The molecule has 2 fully saturated rings. The van der Waals surface area contributed by atoms with Crippen LogP contribution in [0, 0.1) is 0 Å². The molecule has 132 valence electrons. The van der Waals surface area contributed by atoms with Crippen molar-refractivity contribution >= 4 is 46.3 Å². The van der Waals surface area contributed by atoms with Crippen LogP contribution in [0.5, 0.6) is 5.75 Å². The third-order valence-electron chi connectivity index (χ3n) is 4.28. The SMILES string of the molecule is O=C([O-])COc1cccc(/C=C2/SC(=S)N(C3CCCCC3)C2=O)c1. The van der Waals surface area contributed by atoms with E-state index in [2.05, 4.69) is 0 Å². The highest BCUT2D eigenvalue weighted by atomic mass is 32.2. The molecule has 1 saturated heterocycles. The van der Waals surface area contributed by atoms with Crippen LogP contribution in [0.25, 0.3) is 6.08 Å². The van der Waals surface area contributed by atoms with E-state index in [0.29, 0.717) is 15.0 Å². The van der Waals surface area contributed by atoms with Gasteiger partial charge in [-0.25, -0.2) is 0 Å². The molecule has 0 bridgehead atoms. The summed E-state index contributed by atoms with van der Waals surface area (Å²) < 4.78 is 5.74. The number of hydrogen-bond acceptors (Lipinski definition) is 6. The van der Waals surface area contributed by atoms with Gasteiger partial charge in [-0.2, -0.15) is 0 Å². The zero-order chi connectivity index (χ0) is 17.8. The summed E-state index contributed by atoms with van der Waals surface area (Å²) in [5, 5.41) is 10.5. The van der Waals surface area contributed by atoms with Crippen molar-refractivity contribution in [1.82, 2.24) is 4.90 Å². The van der Waals surface area contributed by atoms with Crippen molar-refractivity contribution in [2.75, 3.05) is 6.61 Å². The van der Waals surface area contributed by atoms with Crippen LogP contribution in [0.3, 0.4) is 0 Å². The zero-order valence-electron chi connectivity index (χ0n) is 13.6. The molecule has 5 nitrogen and oxygen atoms in total. The van der Waals surface area contributed by atoms with Gasteiger partial charge in [-0.3, -0.25) is 9.69 Å². The Morgan fingerprint density at radius 3 is 2.84 bits per heavy atom. The van der Waals surface area contributed by atoms with Gasteiger partial charge in [0.15, 0.2) is 0 Å². The number of carbonyl (C=O) groups excluding carboxylic acids is 2. The van der Waals surface area contributed by atoms with Crippen LogP contribution >= 0.6 is 24.0 Å². The van der Waals surface area contributed by atoms with E-state index in [-0.39, 0.29) is 11.9 Å². The summed E-state index contributed by atoms with van der Waals surface area (Å²) in [6, 6.07) is 7.14. The van der Waals surface area contributed by atoms with Crippen LogP contribution in [0.1, 0.15) is 37.7 Å². The predicted molar refractivity (Wildman–Crippen MR) is 98.8 cm³/mol. The number of amides is 1. The van der Waals surface area contributed by atoms with E-state index in [1.807, 2.05) is 6.07 Å². The highest BCUT2D eigenvalue weighted by molar-refractivity contribution is 8.26.